The zero-order chi connectivity index (χ0) is 18.5. The number of amides is 2. The van der Waals surface area contributed by atoms with E-state index in [1.807, 2.05) is 50.5 Å². The van der Waals surface area contributed by atoms with Crippen molar-refractivity contribution in [2.75, 3.05) is 6.54 Å². The quantitative estimate of drug-likeness (QED) is 0.859. The lowest BCUT2D eigenvalue weighted by molar-refractivity contribution is -0.133. The summed E-state index contributed by atoms with van der Waals surface area (Å²) in [5.74, 6) is -0.282. The molecular weight excluding hydrogens is 330 g/mol. The molecule has 1 N–H and O–H groups in total. The normalized spacial score (nSPS) is 13.6. The SMILES string of the molecule is Cc1cn(C)nc1CNC(=O)CCC(=O)N1CCC(c2ccccc2)=N1. The zero-order valence-corrected chi connectivity index (χ0v) is 15.1. The Labute approximate surface area is 152 Å². The highest BCUT2D eigenvalue weighted by atomic mass is 16.2. The summed E-state index contributed by atoms with van der Waals surface area (Å²) in [6.45, 7) is 2.89. The summed E-state index contributed by atoms with van der Waals surface area (Å²) in [6, 6.07) is 9.83. The van der Waals surface area contributed by atoms with Crippen molar-refractivity contribution >= 4 is 17.5 Å². The molecule has 3 rings (SSSR count). The second-order valence-corrected chi connectivity index (χ2v) is 6.39. The number of hydrazone groups is 1. The monoisotopic (exact) mass is 353 g/mol. The Morgan fingerprint density at radius 1 is 1.19 bits per heavy atom. The van der Waals surface area contributed by atoms with E-state index >= 15 is 0 Å². The first-order chi connectivity index (χ1) is 12.5. The average Bonchev–Trinajstić information content (AvgIpc) is 3.25. The molecule has 1 aromatic carbocycles. The second-order valence-electron chi connectivity index (χ2n) is 6.39. The Morgan fingerprint density at radius 3 is 2.65 bits per heavy atom. The average molecular weight is 353 g/mol. The van der Waals surface area contributed by atoms with Gasteiger partial charge in [-0.2, -0.15) is 10.2 Å². The van der Waals surface area contributed by atoms with E-state index in [1.165, 1.54) is 5.01 Å². The first-order valence-electron chi connectivity index (χ1n) is 8.72. The Kier molecular flexibility index (Phi) is 5.46. The smallest absolute Gasteiger partial charge is 0.243 e. The van der Waals surface area contributed by atoms with Gasteiger partial charge in [-0.25, -0.2) is 5.01 Å². The third-order valence-corrected chi connectivity index (χ3v) is 4.33. The molecule has 136 valence electrons. The van der Waals surface area contributed by atoms with E-state index in [2.05, 4.69) is 15.5 Å². The van der Waals surface area contributed by atoms with Crippen LogP contribution in [0, 0.1) is 6.92 Å². The van der Waals surface area contributed by atoms with Crippen LogP contribution >= 0.6 is 0 Å². The minimum atomic E-state index is -0.158. The first-order valence-corrected chi connectivity index (χ1v) is 8.72. The van der Waals surface area contributed by atoms with Gasteiger partial charge in [0.25, 0.3) is 0 Å². The van der Waals surface area contributed by atoms with Gasteiger partial charge in [-0.1, -0.05) is 30.3 Å². The standard InChI is InChI=1S/C19H23N5O2/c1-14-13-23(2)21-17(14)12-20-18(25)8-9-19(26)24-11-10-16(22-24)15-6-4-3-5-7-15/h3-7,13H,8-12H2,1-2H3,(H,20,25). The van der Waals surface area contributed by atoms with Crippen LogP contribution in [0.5, 0.6) is 0 Å². The number of carbonyl (C=O) groups excluding carboxylic acids is 2. The molecule has 0 fully saturated rings. The lowest BCUT2D eigenvalue weighted by Gasteiger charge is -2.11. The van der Waals surface area contributed by atoms with Crippen LogP contribution in [0.25, 0.3) is 0 Å². The van der Waals surface area contributed by atoms with Crippen molar-refractivity contribution in [1.29, 1.82) is 0 Å². The van der Waals surface area contributed by atoms with E-state index < -0.39 is 0 Å². The van der Waals surface area contributed by atoms with Crippen LogP contribution < -0.4 is 5.32 Å². The Bertz CT molecular complexity index is 826. The van der Waals surface area contributed by atoms with Crippen molar-refractivity contribution < 1.29 is 9.59 Å². The molecule has 7 heteroatoms. The van der Waals surface area contributed by atoms with E-state index in [0.29, 0.717) is 13.1 Å². The maximum atomic E-state index is 12.3. The molecule has 2 heterocycles. The maximum absolute atomic E-state index is 12.3. The summed E-state index contributed by atoms with van der Waals surface area (Å²) in [6.07, 6.45) is 2.94. The van der Waals surface area contributed by atoms with Crippen LogP contribution in [0.3, 0.4) is 0 Å². The Hall–Kier alpha value is -2.96. The van der Waals surface area contributed by atoms with Crippen molar-refractivity contribution in [1.82, 2.24) is 20.1 Å². The molecule has 2 aromatic rings. The van der Waals surface area contributed by atoms with Crippen LogP contribution in [0.2, 0.25) is 0 Å². The van der Waals surface area contributed by atoms with Crippen molar-refractivity contribution in [3.63, 3.8) is 0 Å². The number of rotatable bonds is 6. The highest BCUT2D eigenvalue weighted by Gasteiger charge is 2.21. The number of hydrogen-bond donors (Lipinski definition) is 1. The summed E-state index contributed by atoms with van der Waals surface area (Å²) >= 11 is 0. The highest BCUT2D eigenvalue weighted by Crippen LogP contribution is 2.15. The molecule has 0 bridgehead atoms. The first kappa shape index (κ1) is 17.8. The molecule has 2 amide bonds. The molecule has 1 aliphatic heterocycles. The van der Waals surface area contributed by atoms with Gasteiger partial charge in [-0.05, 0) is 18.1 Å². The predicted molar refractivity (Wildman–Crippen MR) is 98.3 cm³/mol. The summed E-state index contributed by atoms with van der Waals surface area (Å²) in [5.41, 5.74) is 3.81. The zero-order valence-electron chi connectivity index (χ0n) is 15.1. The van der Waals surface area contributed by atoms with E-state index in [1.54, 1.807) is 4.68 Å². The summed E-state index contributed by atoms with van der Waals surface area (Å²) < 4.78 is 1.72. The third kappa shape index (κ3) is 4.36. The van der Waals surface area contributed by atoms with Crippen molar-refractivity contribution in [3.8, 4) is 0 Å². The van der Waals surface area contributed by atoms with Crippen molar-refractivity contribution in [3.05, 3.63) is 53.3 Å². The minimum absolute atomic E-state index is 0.125. The van der Waals surface area contributed by atoms with Gasteiger partial charge in [-0.15, -0.1) is 0 Å². The fourth-order valence-electron chi connectivity index (χ4n) is 2.92. The van der Waals surface area contributed by atoms with Crippen LogP contribution in [0.15, 0.2) is 41.6 Å². The Morgan fingerprint density at radius 2 is 1.96 bits per heavy atom. The third-order valence-electron chi connectivity index (χ3n) is 4.33. The molecule has 1 aromatic heterocycles. The molecule has 0 spiro atoms. The predicted octanol–water partition coefficient (Wildman–Crippen LogP) is 1.76. The fraction of sp³-hybridized carbons (Fsp3) is 0.368. The van der Waals surface area contributed by atoms with Gasteiger partial charge < -0.3 is 5.32 Å². The number of nitrogens with zero attached hydrogens (tertiary/aromatic N) is 4. The molecule has 0 unspecified atom stereocenters. The van der Waals surface area contributed by atoms with Crippen molar-refractivity contribution in [2.24, 2.45) is 12.1 Å². The van der Waals surface area contributed by atoms with Gasteiger partial charge >= 0.3 is 0 Å². The number of hydrogen-bond acceptors (Lipinski definition) is 4. The maximum Gasteiger partial charge on any atom is 0.243 e. The number of aromatic nitrogens is 2. The van der Waals surface area contributed by atoms with Crippen LogP contribution in [-0.2, 0) is 23.2 Å². The van der Waals surface area contributed by atoms with Crippen LogP contribution in [0.4, 0.5) is 0 Å². The van der Waals surface area contributed by atoms with E-state index in [9.17, 15) is 9.59 Å². The summed E-state index contributed by atoms with van der Waals surface area (Å²) in [7, 11) is 1.84. The van der Waals surface area contributed by atoms with E-state index in [0.717, 1.165) is 29.0 Å². The number of aryl methyl sites for hydroxylation is 2. The van der Waals surface area contributed by atoms with Gasteiger partial charge in [0.15, 0.2) is 0 Å². The topological polar surface area (TPSA) is 79.6 Å². The molecular formula is C19H23N5O2. The van der Waals surface area contributed by atoms with Crippen LogP contribution in [0.1, 0.15) is 36.1 Å². The summed E-state index contributed by atoms with van der Waals surface area (Å²) in [4.78, 5) is 24.3. The molecule has 7 nitrogen and oxygen atoms in total. The van der Waals surface area contributed by atoms with Gasteiger partial charge in [0, 0.05) is 32.5 Å². The second kappa shape index (κ2) is 7.95. The molecule has 0 aliphatic carbocycles. The molecule has 1 aliphatic rings. The molecule has 0 atom stereocenters. The lowest BCUT2D eigenvalue weighted by atomic mass is 10.1. The van der Waals surface area contributed by atoms with Crippen LogP contribution in [-0.4, -0.2) is 38.9 Å². The lowest BCUT2D eigenvalue weighted by Crippen LogP contribution is -2.27. The van der Waals surface area contributed by atoms with Gasteiger partial charge in [-0.3, -0.25) is 14.3 Å². The molecule has 0 radical (unpaired) electrons. The van der Waals surface area contributed by atoms with E-state index in [-0.39, 0.29) is 24.7 Å². The minimum Gasteiger partial charge on any atom is -0.350 e. The number of nitrogens with one attached hydrogen (secondary N) is 1. The van der Waals surface area contributed by atoms with E-state index in [4.69, 9.17) is 0 Å². The highest BCUT2D eigenvalue weighted by molar-refractivity contribution is 6.02. The largest absolute Gasteiger partial charge is 0.350 e. The summed E-state index contributed by atoms with van der Waals surface area (Å²) in [5, 5.41) is 13.0. The van der Waals surface area contributed by atoms with Gasteiger partial charge in [0.2, 0.25) is 11.8 Å². The molecule has 0 saturated heterocycles. The van der Waals surface area contributed by atoms with Crippen molar-refractivity contribution in [2.45, 2.75) is 32.7 Å². The Balaban J connectivity index is 1.46. The van der Waals surface area contributed by atoms with Gasteiger partial charge in [0.1, 0.15) is 0 Å². The fourth-order valence-corrected chi connectivity index (χ4v) is 2.92. The number of carbonyl (C=O) groups is 2. The molecule has 0 saturated carbocycles. The molecule has 26 heavy (non-hydrogen) atoms. The van der Waals surface area contributed by atoms with Gasteiger partial charge in [0.05, 0.1) is 24.5 Å². The number of benzene rings is 1.